The van der Waals surface area contributed by atoms with Crippen molar-refractivity contribution < 1.29 is 26.8 Å². The Hall–Kier alpha value is -3.20. The number of halogens is 4. The molecule has 0 saturated carbocycles. The van der Waals surface area contributed by atoms with Gasteiger partial charge < -0.3 is 9.32 Å². The van der Waals surface area contributed by atoms with Crippen LogP contribution in [0.15, 0.2) is 59.2 Å². The number of aryl methyl sites for hydroxylation is 1. The molecule has 0 N–H and O–H groups in total. The number of alkyl halides is 3. The normalized spacial score (nSPS) is 15.4. The predicted octanol–water partition coefficient (Wildman–Crippen LogP) is 5.17. The molecule has 9 heteroatoms. The van der Waals surface area contributed by atoms with Crippen molar-refractivity contribution in [3.8, 4) is 11.5 Å². The SMILES string of the molecule is O=C(CCc1ccccc1)N1CCCN(Cc2coc(-c3ccc(F)c(C(F)(F)F)c3)n2)CC1. The largest absolute Gasteiger partial charge is 0.444 e. The minimum absolute atomic E-state index is 0.00744. The maximum Gasteiger partial charge on any atom is 0.419 e. The van der Waals surface area contributed by atoms with E-state index in [1.54, 1.807) is 0 Å². The molecule has 0 unspecified atom stereocenters. The summed E-state index contributed by atoms with van der Waals surface area (Å²) < 4.78 is 57.9. The van der Waals surface area contributed by atoms with E-state index in [0.29, 0.717) is 50.8 Å². The topological polar surface area (TPSA) is 49.6 Å². The molecule has 34 heavy (non-hydrogen) atoms. The first kappa shape index (κ1) is 23.9. The Labute approximate surface area is 195 Å². The number of carbonyl (C=O) groups is 1. The highest BCUT2D eigenvalue weighted by atomic mass is 19.4. The zero-order valence-corrected chi connectivity index (χ0v) is 18.5. The second-order valence-electron chi connectivity index (χ2n) is 8.33. The van der Waals surface area contributed by atoms with Crippen molar-refractivity contribution in [3.05, 3.63) is 77.4 Å². The third-order valence-corrected chi connectivity index (χ3v) is 5.87. The molecule has 0 spiro atoms. The summed E-state index contributed by atoms with van der Waals surface area (Å²) >= 11 is 0. The second kappa shape index (κ2) is 10.4. The average molecular weight is 475 g/mol. The maximum atomic E-state index is 13.6. The molecule has 2 heterocycles. The first-order chi connectivity index (χ1) is 16.3. The molecule has 1 saturated heterocycles. The Bertz CT molecular complexity index is 1110. The number of carbonyl (C=O) groups excluding carboxylic acids is 1. The summed E-state index contributed by atoms with van der Waals surface area (Å²) in [6.45, 7) is 3.16. The highest BCUT2D eigenvalue weighted by molar-refractivity contribution is 5.76. The van der Waals surface area contributed by atoms with E-state index in [2.05, 4.69) is 9.88 Å². The lowest BCUT2D eigenvalue weighted by Gasteiger charge is -2.21. The van der Waals surface area contributed by atoms with Crippen molar-refractivity contribution >= 4 is 5.91 Å². The van der Waals surface area contributed by atoms with Gasteiger partial charge in [-0.2, -0.15) is 13.2 Å². The highest BCUT2D eigenvalue weighted by Crippen LogP contribution is 2.34. The van der Waals surface area contributed by atoms with Gasteiger partial charge in [0.25, 0.3) is 0 Å². The standard InChI is InChI=1S/C25H25F4N3O2/c26-22-9-8-19(15-21(22)25(27,28)29)24-30-20(17-34-24)16-31-11-4-12-32(14-13-31)23(33)10-7-18-5-2-1-3-6-18/h1-3,5-6,8-9,15,17H,4,7,10-14,16H2. The van der Waals surface area contributed by atoms with E-state index in [1.807, 2.05) is 35.2 Å². The first-order valence-corrected chi connectivity index (χ1v) is 11.1. The van der Waals surface area contributed by atoms with Crippen molar-refractivity contribution in [2.75, 3.05) is 26.2 Å². The Morgan fingerprint density at radius 2 is 1.82 bits per heavy atom. The molecule has 0 aliphatic carbocycles. The van der Waals surface area contributed by atoms with E-state index in [0.717, 1.165) is 24.6 Å². The van der Waals surface area contributed by atoms with Crippen LogP contribution < -0.4 is 0 Å². The molecule has 0 bridgehead atoms. The van der Waals surface area contributed by atoms with Gasteiger partial charge in [-0.3, -0.25) is 9.69 Å². The lowest BCUT2D eigenvalue weighted by atomic mass is 10.1. The Kier molecular flexibility index (Phi) is 7.31. The first-order valence-electron chi connectivity index (χ1n) is 11.1. The second-order valence-corrected chi connectivity index (χ2v) is 8.33. The van der Waals surface area contributed by atoms with Crippen LogP contribution in [-0.2, 0) is 23.9 Å². The molecule has 1 aliphatic rings. The van der Waals surface area contributed by atoms with Crippen molar-refractivity contribution in [2.45, 2.75) is 32.0 Å². The third-order valence-electron chi connectivity index (χ3n) is 5.87. The summed E-state index contributed by atoms with van der Waals surface area (Å²) in [6.07, 6.45) is -1.41. The number of rotatable bonds is 6. The zero-order valence-electron chi connectivity index (χ0n) is 18.5. The van der Waals surface area contributed by atoms with Crippen LogP contribution in [0.1, 0.15) is 29.7 Å². The van der Waals surface area contributed by atoms with Gasteiger partial charge in [0.2, 0.25) is 11.8 Å². The van der Waals surface area contributed by atoms with Crippen LogP contribution in [-0.4, -0.2) is 46.9 Å². The smallest absolute Gasteiger partial charge is 0.419 e. The molecule has 2 aromatic carbocycles. The molecule has 180 valence electrons. The number of nitrogens with zero attached hydrogens (tertiary/aromatic N) is 3. The van der Waals surface area contributed by atoms with E-state index in [4.69, 9.17) is 4.42 Å². The molecule has 1 fully saturated rings. The molecular weight excluding hydrogens is 450 g/mol. The lowest BCUT2D eigenvalue weighted by Crippen LogP contribution is -2.35. The number of hydrogen-bond donors (Lipinski definition) is 0. The molecule has 4 rings (SSSR count). The number of aromatic nitrogens is 1. The molecular formula is C25H25F4N3O2. The molecule has 0 atom stereocenters. The molecule has 1 amide bonds. The van der Waals surface area contributed by atoms with Crippen molar-refractivity contribution in [3.63, 3.8) is 0 Å². The molecule has 1 aromatic heterocycles. The van der Waals surface area contributed by atoms with Gasteiger partial charge in [-0.25, -0.2) is 9.37 Å². The highest BCUT2D eigenvalue weighted by Gasteiger charge is 2.34. The van der Waals surface area contributed by atoms with Gasteiger partial charge in [0.05, 0.1) is 11.3 Å². The van der Waals surface area contributed by atoms with Gasteiger partial charge in [0.1, 0.15) is 12.1 Å². The fourth-order valence-corrected chi connectivity index (χ4v) is 4.05. The lowest BCUT2D eigenvalue weighted by molar-refractivity contribution is -0.140. The van der Waals surface area contributed by atoms with Gasteiger partial charge in [0.15, 0.2) is 0 Å². The van der Waals surface area contributed by atoms with Crippen LogP contribution in [0.3, 0.4) is 0 Å². The minimum Gasteiger partial charge on any atom is -0.444 e. The maximum absolute atomic E-state index is 13.6. The molecule has 1 aliphatic heterocycles. The van der Waals surface area contributed by atoms with Crippen molar-refractivity contribution in [1.82, 2.24) is 14.8 Å². The summed E-state index contributed by atoms with van der Waals surface area (Å²) in [7, 11) is 0. The molecule has 3 aromatic rings. The molecule has 0 radical (unpaired) electrons. The van der Waals surface area contributed by atoms with Crippen molar-refractivity contribution in [1.29, 1.82) is 0 Å². The quantitative estimate of drug-likeness (QED) is 0.462. The van der Waals surface area contributed by atoms with Gasteiger partial charge >= 0.3 is 6.18 Å². The fraction of sp³-hybridized carbons (Fsp3) is 0.360. The van der Waals surface area contributed by atoms with Gasteiger partial charge in [-0.15, -0.1) is 0 Å². The van der Waals surface area contributed by atoms with Crippen LogP contribution in [0.25, 0.3) is 11.5 Å². The molecule has 5 nitrogen and oxygen atoms in total. The third kappa shape index (κ3) is 6.02. The van der Waals surface area contributed by atoms with Gasteiger partial charge in [-0.1, -0.05) is 30.3 Å². The van der Waals surface area contributed by atoms with Crippen LogP contribution in [0, 0.1) is 5.82 Å². The summed E-state index contributed by atoms with van der Waals surface area (Å²) in [5, 5.41) is 0. The zero-order chi connectivity index (χ0) is 24.1. The summed E-state index contributed by atoms with van der Waals surface area (Å²) in [5.74, 6) is -1.20. The Morgan fingerprint density at radius 3 is 2.59 bits per heavy atom. The number of amides is 1. The summed E-state index contributed by atoms with van der Waals surface area (Å²) in [4.78, 5) is 21.0. The van der Waals surface area contributed by atoms with Crippen molar-refractivity contribution in [2.24, 2.45) is 0 Å². The van der Waals surface area contributed by atoms with E-state index >= 15 is 0 Å². The van der Waals surface area contributed by atoms with Crippen LogP contribution in [0.2, 0.25) is 0 Å². The fourth-order valence-electron chi connectivity index (χ4n) is 4.05. The minimum atomic E-state index is -4.80. The monoisotopic (exact) mass is 475 g/mol. The van der Waals surface area contributed by atoms with E-state index in [9.17, 15) is 22.4 Å². The number of oxazole rings is 1. The van der Waals surface area contributed by atoms with E-state index in [-0.39, 0.29) is 17.4 Å². The number of benzene rings is 2. The number of hydrogen-bond acceptors (Lipinski definition) is 4. The van der Waals surface area contributed by atoms with E-state index in [1.165, 1.54) is 12.3 Å². The van der Waals surface area contributed by atoms with Crippen LogP contribution in [0.5, 0.6) is 0 Å². The van der Waals surface area contributed by atoms with Crippen LogP contribution >= 0.6 is 0 Å². The van der Waals surface area contributed by atoms with E-state index < -0.39 is 17.6 Å². The average Bonchev–Trinajstić information content (AvgIpc) is 3.15. The van der Waals surface area contributed by atoms with Gasteiger partial charge in [-0.05, 0) is 36.6 Å². The summed E-state index contributed by atoms with van der Waals surface area (Å²) in [6, 6.07) is 12.6. The predicted molar refractivity (Wildman–Crippen MR) is 118 cm³/mol. The Morgan fingerprint density at radius 1 is 1.03 bits per heavy atom. The van der Waals surface area contributed by atoms with Crippen LogP contribution in [0.4, 0.5) is 17.6 Å². The summed E-state index contributed by atoms with van der Waals surface area (Å²) in [5.41, 5.74) is 0.412. The van der Waals surface area contributed by atoms with Gasteiger partial charge in [0, 0.05) is 44.7 Å². The Balaban J connectivity index is 1.33.